The molecule has 0 saturated heterocycles. The third kappa shape index (κ3) is 3.86. The highest BCUT2D eigenvalue weighted by atomic mass is 35.5. The first-order valence-corrected chi connectivity index (χ1v) is 3.49. The number of halogens is 6. The number of nitrogens with two attached hydrogens (primary N) is 1. The van der Waals surface area contributed by atoms with Crippen LogP contribution < -0.4 is 5.73 Å². The Morgan fingerprint density at radius 2 is 1.69 bits per heavy atom. The summed E-state index contributed by atoms with van der Waals surface area (Å²) in [5.41, 5.74) is 2.61. The van der Waals surface area contributed by atoms with Crippen LogP contribution in [0.15, 0.2) is 18.2 Å². The van der Waals surface area contributed by atoms with Crippen molar-refractivity contribution in [3.8, 4) is 0 Å². The van der Waals surface area contributed by atoms with Crippen molar-refractivity contribution in [3.05, 3.63) is 35.1 Å². The van der Waals surface area contributed by atoms with E-state index in [1.165, 1.54) is 0 Å². The minimum Gasteiger partial charge on any atom is -0.366 e. The molecule has 8 heteroatoms. The van der Waals surface area contributed by atoms with Crippen LogP contribution in [0.3, 0.4) is 0 Å². The number of primary amides is 1. The lowest BCUT2D eigenvalue weighted by Gasteiger charge is -2.09. The molecule has 1 aromatic rings. The van der Waals surface area contributed by atoms with Crippen LogP contribution in [0.2, 0.25) is 0 Å². The van der Waals surface area contributed by atoms with E-state index in [0.717, 1.165) is 6.07 Å². The van der Waals surface area contributed by atoms with Crippen molar-refractivity contribution in [1.82, 2.24) is 0 Å². The molecule has 2 nitrogen and oxygen atoms in total. The molecule has 0 radical (unpaired) electrons. The van der Waals surface area contributed by atoms with Crippen LogP contribution in [0.25, 0.3) is 0 Å². The first-order valence-electron chi connectivity index (χ1n) is 3.49. The zero-order valence-corrected chi connectivity index (χ0v) is 9.18. The number of alkyl halides is 3. The molecule has 0 aromatic heterocycles. The molecule has 0 aliphatic carbocycles. The largest absolute Gasteiger partial charge is 0.417 e. The number of hydrogen-bond acceptors (Lipinski definition) is 1. The first-order chi connectivity index (χ1) is 6.32. The van der Waals surface area contributed by atoms with Gasteiger partial charge in [0.2, 0.25) is 5.91 Å². The van der Waals surface area contributed by atoms with Gasteiger partial charge in [-0.1, -0.05) is 0 Å². The Balaban J connectivity index is 0. The van der Waals surface area contributed by atoms with Crippen LogP contribution in [0.4, 0.5) is 17.6 Å². The minimum absolute atomic E-state index is 0. The molecule has 1 rings (SSSR count). The molecule has 0 aliphatic heterocycles. The van der Waals surface area contributed by atoms with Crippen LogP contribution in [0.5, 0.6) is 0 Å². The summed E-state index contributed by atoms with van der Waals surface area (Å²) in [7, 11) is 0. The lowest BCUT2D eigenvalue weighted by Crippen LogP contribution is -2.18. The van der Waals surface area contributed by atoms with E-state index in [9.17, 15) is 22.4 Å². The molecule has 1 aromatic carbocycles. The van der Waals surface area contributed by atoms with Gasteiger partial charge in [-0.05, 0) is 18.2 Å². The van der Waals surface area contributed by atoms with Crippen molar-refractivity contribution in [1.29, 1.82) is 0 Å². The molecule has 0 unspecified atom stereocenters. The van der Waals surface area contributed by atoms with Gasteiger partial charge in [-0.3, -0.25) is 4.79 Å². The molecule has 0 fully saturated rings. The zero-order chi connectivity index (χ0) is 10.9. The van der Waals surface area contributed by atoms with Gasteiger partial charge < -0.3 is 5.73 Å². The van der Waals surface area contributed by atoms with Gasteiger partial charge in [-0.2, -0.15) is 13.2 Å². The van der Waals surface area contributed by atoms with E-state index in [4.69, 9.17) is 5.73 Å². The lowest BCUT2D eigenvalue weighted by atomic mass is 10.1. The van der Waals surface area contributed by atoms with Gasteiger partial charge in [0, 0.05) is 0 Å². The number of carbonyl (C=O) groups excluding carboxylic acids is 1. The Morgan fingerprint density at radius 1 is 1.19 bits per heavy atom. The summed E-state index contributed by atoms with van der Waals surface area (Å²) < 4.78 is 49.1. The molecule has 0 heterocycles. The second-order valence-electron chi connectivity index (χ2n) is 2.55. The van der Waals surface area contributed by atoms with E-state index in [1.807, 2.05) is 0 Å². The maximum absolute atomic E-state index is 12.5. The van der Waals surface area contributed by atoms with Gasteiger partial charge in [0.1, 0.15) is 5.82 Å². The molecule has 0 aliphatic rings. The van der Waals surface area contributed by atoms with Crippen molar-refractivity contribution < 1.29 is 22.4 Å². The van der Waals surface area contributed by atoms with E-state index in [-0.39, 0.29) is 30.9 Å². The molecule has 2 N–H and O–H groups in total. The fourth-order valence-corrected chi connectivity index (χ4v) is 0.966. The summed E-state index contributed by atoms with van der Waals surface area (Å²) in [6.45, 7) is 0. The summed E-state index contributed by atoms with van der Waals surface area (Å²) >= 11 is 0. The normalized spacial score (nSPS) is 10.0. The summed E-state index contributed by atoms with van der Waals surface area (Å²) in [4.78, 5) is 10.6. The molecule has 0 bridgehead atoms. The van der Waals surface area contributed by atoms with Gasteiger partial charge >= 0.3 is 6.18 Å². The van der Waals surface area contributed by atoms with Gasteiger partial charge in [0.15, 0.2) is 0 Å². The fourth-order valence-electron chi connectivity index (χ4n) is 0.966. The number of rotatable bonds is 1. The molecule has 0 saturated carbocycles. The number of carbonyl (C=O) groups is 1. The van der Waals surface area contributed by atoms with Crippen molar-refractivity contribution in [2.24, 2.45) is 5.73 Å². The van der Waals surface area contributed by atoms with Crippen LogP contribution in [-0.2, 0) is 6.18 Å². The highest BCUT2D eigenvalue weighted by Gasteiger charge is 2.35. The number of benzene rings is 1. The lowest BCUT2D eigenvalue weighted by molar-refractivity contribution is -0.138. The predicted octanol–water partition coefficient (Wildman–Crippen LogP) is 2.79. The van der Waals surface area contributed by atoms with Gasteiger partial charge in [-0.15, -0.1) is 24.8 Å². The van der Waals surface area contributed by atoms with Gasteiger partial charge in [0.25, 0.3) is 0 Å². The van der Waals surface area contributed by atoms with Crippen molar-refractivity contribution >= 4 is 30.7 Å². The maximum Gasteiger partial charge on any atom is 0.417 e. The van der Waals surface area contributed by atoms with Crippen molar-refractivity contribution in [2.45, 2.75) is 6.18 Å². The molecule has 16 heavy (non-hydrogen) atoms. The van der Waals surface area contributed by atoms with E-state index in [1.54, 1.807) is 0 Å². The first kappa shape index (κ1) is 17.4. The van der Waals surface area contributed by atoms with Gasteiger partial charge in [0.05, 0.1) is 11.1 Å². The van der Waals surface area contributed by atoms with Crippen molar-refractivity contribution in [2.75, 3.05) is 0 Å². The topological polar surface area (TPSA) is 43.1 Å². The quantitative estimate of drug-likeness (QED) is 0.790. The van der Waals surface area contributed by atoms with E-state index in [0.29, 0.717) is 6.07 Å². The van der Waals surface area contributed by atoms with E-state index >= 15 is 0 Å². The van der Waals surface area contributed by atoms with Crippen LogP contribution in [0, 0.1) is 5.82 Å². The Kier molecular flexibility index (Phi) is 6.42. The van der Waals surface area contributed by atoms with Crippen molar-refractivity contribution in [3.63, 3.8) is 0 Å². The molecular formula is C8H7Cl2F4NO. The Labute approximate surface area is 101 Å². The van der Waals surface area contributed by atoms with Crippen LogP contribution in [-0.4, -0.2) is 5.91 Å². The summed E-state index contributed by atoms with van der Waals surface area (Å²) in [5.74, 6) is -2.31. The summed E-state index contributed by atoms with van der Waals surface area (Å²) in [6.07, 6.45) is -4.79. The molecule has 0 atom stereocenters. The molecule has 0 spiro atoms. The molecule has 1 amide bonds. The SMILES string of the molecule is Cl.Cl.NC(=O)c1ccc(F)cc1C(F)(F)F. The van der Waals surface area contributed by atoms with E-state index < -0.39 is 29.0 Å². The molecular weight excluding hydrogens is 273 g/mol. The zero-order valence-electron chi connectivity index (χ0n) is 7.55. The smallest absolute Gasteiger partial charge is 0.366 e. The van der Waals surface area contributed by atoms with E-state index in [2.05, 4.69) is 0 Å². The maximum atomic E-state index is 12.5. The minimum atomic E-state index is -4.79. The highest BCUT2D eigenvalue weighted by Crippen LogP contribution is 2.32. The van der Waals surface area contributed by atoms with Crippen LogP contribution >= 0.6 is 24.8 Å². The third-order valence-electron chi connectivity index (χ3n) is 1.55. The molecule has 92 valence electrons. The summed E-state index contributed by atoms with van der Waals surface area (Å²) in [5, 5.41) is 0. The Morgan fingerprint density at radius 3 is 2.06 bits per heavy atom. The number of hydrogen-bond donors (Lipinski definition) is 1. The fraction of sp³-hybridized carbons (Fsp3) is 0.125. The second kappa shape index (κ2) is 5.91. The Hall–Kier alpha value is -1.01. The average molecular weight is 280 g/mol. The average Bonchev–Trinajstić information content (AvgIpc) is 2.01. The third-order valence-corrected chi connectivity index (χ3v) is 1.55. The predicted molar refractivity (Wildman–Crippen MR) is 54.4 cm³/mol. The highest BCUT2D eigenvalue weighted by molar-refractivity contribution is 5.94. The second-order valence-corrected chi connectivity index (χ2v) is 2.55. The van der Waals surface area contributed by atoms with Crippen LogP contribution in [0.1, 0.15) is 15.9 Å². The summed E-state index contributed by atoms with van der Waals surface area (Å²) in [6, 6.07) is 1.69. The van der Waals surface area contributed by atoms with Gasteiger partial charge in [-0.25, -0.2) is 4.39 Å². The number of amides is 1. The monoisotopic (exact) mass is 279 g/mol. The standard InChI is InChI=1S/C8H5F4NO.2ClH/c9-4-1-2-5(7(13)14)6(3-4)8(10,11)12;;/h1-3H,(H2,13,14);2*1H. The Bertz CT molecular complexity index is 381.